The third-order valence-corrected chi connectivity index (χ3v) is 11.8. The van der Waals surface area contributed by atoms with E-state index < -0.39 is 41.7 Å². The maximum absolute atomic E-state index is 14.2. The molecule has 54 heavy (non-hydrogen) atoms. The number of carbonyl (C=O) groups is 2. The first-order valence-electron chi connectivity index (χ1n) is 18.0. The number of amides is 2. The van der Waals surface area contributed by atoms with Gasteiger partial charge in [0.05, 0.1) is 0 Å². The Morgan fingerprint density at radius 2 is 1.80 bits per heavy atom. The molecule has 0 fully saturated rings. The summed E-state index contributed by atoms with van der Waals surface area (Å²) in [4.78, 5) is 37.2. The van der Waals surface area contributed by atoms with E-state index in [9.17, 15) is 14.7 Å². The summed E-state index contributed by atoms with van der Waals surface area (Å²) in [5.74, 6) is 0.422. The number of aliphatic hydroxyl groups excluding tert-OH is 1. The number of aromatic nitrogens is 2. The Hall–Kier alpha value is -5.10. The summed E-state index contributed by atoms with van der Waals surface area (Å²) in [6.07, 6.45) is -1.63. The molecule has 2 unspecified atom stereocenters. The molecular weight excluding hydrogens is 731 g/mol. The lowest BCUT2D eigenvalue weighted by atomic mass is 9.72. The fourth-order valence-corrected chi connectivity index (χ4v) is 9.12. The summed E-state index contributed by atoms with van der Waals surface area (Å²) < 4.78 is 27.2. The topological polar surface area (TPSA) is 149 Å². The number of hydrogen-bond donors (Lipinski definition) is 3. The first-order valence-corrected chi connectivity index (χ1v) is 18.8. The number of para-hydroxylation sites is 1. The molecule has 10 rings (SSSR count). The van der Waals surface area contributed by atoms with Crippen LogP contribution in [0.3, 0.4) is 0 Å². The van der Waals surface area contributed by atoms with Gasteiger partial charge in [0.1, 0.15) is 29.7 Å². The molecule has 6 heterocycles. The average Bonchev–Trinajstić information content (AvgIpc) is 3.94. The van der Waals surface area contributed by atoms with Gasteiger partial charge in [0.15, 0.2) is 27.8 Å². The number of aliphatic hydroxyl groups is 1. The van der Waals surface area contributed by atoms with Crippen molar-refractivity contribution in [3.05, 3.63) is 110 Å². The molecule has 0 saturated heterocycles. The number of oxazole rings is 2. The van der Waals surface area contributed by atoms with Crippen molar-refractivity contribution >= 4 is 40.6 Å². The molecule has 1 spiro atoms. The van der Waals surface area contributed by atoms with Crippen molar-refractivity contribution in [1.29, 1.82) is 0 Å². The van der Waals surface area contributed by atoms with Gasteiger partial charge >= 0.3 is 0 Å². The highest BCUT2D eigenvalue weighted by molar-refractivity contribution is 6.36. The third-order valence-electron chi connectivity index (χ3n) is 11.2. The van der Waals surface area contributed by atoms with E-state index in [4.69, 9.17) is 51.5 Å². The number of rotatable bonds is 4. The van der Waals surface area contributed by atoms with E-state index in [2.05, 4.69) is 10.6 Å². The zero-order chi connectivity index (χ0) is 37.4. The van der Waals surface area contributed by atoms with Gasteiger partial charge in [-0.2, -0.15) is 4.98 Å². The Labute approximate surface area is 319 Å². The SMILES string of the molecule is CC(C)[C@H](O)C(=O)N[C@H]1Cc2ccc3c(c2)C24c5cccc(c5OC2O3)-c2cccc3c2C(=C(Cl)C3)c2oc(nc2Cl)-c2nc(oc24)[C@H](C(C)C)NC1=O. The number of hydrogen-bond acceptors (Lipinski definition) is 9. The largest absolute Gasteiger partial charge is 0.453 e. The van der Waals surface area contributed by atoms with Gasteiger partial charge < -0.3 is 34.0 Å². The molecule has 5 atom stereocenters. The van der Waals surface area contributed by atoms with Crippen molar-refractivity contribution in [1.82, 2.24) is 20.6 Å². The molecule has 2 aromatic heterocycles. The van der Waals surface area contributed by atoms with Crippen molar-refractivity contribution in [2.24, 2.45) is 11.8 Å². The Morgan fingerprint density at radius 1 is 1.00 bits per heavy atom. The van der Waals surface area contributed by atoms with Gasteiger partial charge in [-0.15, -0.1) is 0 Å². The molecule has 11 nitrogen and oxygen atoms in total. The van der Waals surface area contributed by atoms with Gasteiger partial charge in [0.25, 0.3) is 12.2 Å². The number of benzene rings is 3. The highest BCUT2D eigenvalue weighted by Gasteiger charge is 2.63. The van der Waals surface area contributed by atoms with Gasteiger partial charge in [0, 0.05) is 40.1 Å². The molecule has 1 aliphatic carbocycles. The van der Waals surface area contributed by atoms with E-state index in [0.717, 1.165) is 38.9 Å². The van der Waals surface area contributed by atoms with Crippen LogP contribution in [0.4, 0.5) is 0 Å². The minimum absolute atomic E-state index is 0.0994. The van der Waals surface area contributed by atoms with Crippen molar-refractivity contribution in [2.75, 3.05) is 0 Å². The zero-order valence-electron chi connectivity index (χ0n) is 29.6. The quantitative estimate of drug-likeness (QED) is 0.179. The Balaban J connectivity index is 1.29. The van der Waals surface area contributed by atoms with E-state index in [1.165, 1.54) is 0 Å². The molecule has 3 N–H and O–H groups in total. The second kappa shape index (κ2) is 11.7. The van der Waals surface area contributed by atoms with Crippen LogP contribution >= 0.6 is 23.2 Å². The van der Waals surface area contributed by atoms with Gasteiger partial charge in [-0.05, 0) is 40.2 Å². The fraction of sp³-hybridized carbons (Fsp3) is 0.317. The summed E-state index contributed by atoms with van der Waals surface area (Å²) >= 11 is 14.0. The van der Waals surface area contributed by atoms with E-state index in [1.807, 2.05) is 68.4 Å². The Bertz CT molecular complexity index is 2500. The molecule has 10 bridgehead atoms. The summed E-state index contributed by atoms with van der Waals surface area (Å²) in [5.41, 5.74) is 5.50. The highest BCUT2D eigenvalue weighted by atomic mass is 35.5. The zero-order valence-corrected chi connectivity index (χ0v) is 31.1. The average molecular weight is 766 g/mol. The van der Waals surface area contributed by atoms with E-state index in [0.29, 0.717) is 40.0 Å². The minimum Gasteiger partial charge on any atom is -0.453 e. The monoisotopic (exact) mass is 764 g/mol. The molecule has 5 aromatic rings. The third kappa shape index (κ3) is 4.52. The number of nitrogens with one attached hydrogen (secondary N) is 2. The van der Waals surface area contributed by atoms with Crippen LogP contribution in [-0.2, 0) is 27.8 Å². The Kier molecular flexibility index (Phi) is 7.25. The number of allylic oxidation sites excluding steroid dienone is 1. The maximum atomic E-state index is 14.2. The van der Waals surface area contributed by atoms with E-state index >= 15 is 0 Å². The van der Waals surface area contributed by atoms with Crippen molar-refractivity contribution in [3.63, 3.8) is 0 Å². The second-order valence-electron chi connectivity index (χ2n) is 15.2. The summed E-state index contributed by atoms with van der Waals surface area (Å²) in [6.45, 7) is 7.34. The molecule has 0 saturated carbocycles. The van der Waals surface area contributed by atoms with Crippen molar-refractivity contribution < 1.29 is 33.0 Å². The molecule has 13 heteroatoms. The standard InChI is InChI=1S/C41H34Cl2N4O7/c1-16(2)29-38-46-30-34(54-38)41-22-10-6-9-21(20-8-5-7-19-15-24(42)28(27(19)20)33-35(43)47-39(30)52-33)32(22)53-40(41)51-26-12-11-18(13-23(26)41)14-25(36(49)45-29)44-37(50)31(48)17(3)4/h5-13,16-17,25,29,31,40,48H,14-15H2,1-4H3,(H,44,50)(H,45,49)/t25-,29-,31-,40?,41?/m0/s1. The molecule has 3 aromatic carbocycles. The van der Waals surface area contributed by atoms with Crippen LogP contribution in [-0.4, -0.2) is 45.3 Å². The van der Waals surface area contributed by atoms with Crippen LogP contribution < -0.4 is 20.1 Å². The summed E-state index contributed by atoms with van der Waals surface area (Å²) in [5, 5.41) is 17.2. The van der Waals surface area contributed by atoms with Gasteiger partial charge in [-0.1, -0.05) is 99.4 Å². The van der Waals surface area contributed by atoms with Crippen LogP contribution in [0.5, 0.6) is 11.5 Å². The lowest BCUT2D eigenvalue weighted by molar-refractivity contribution is -0.135. The first-order chi connectivity index (χ1) is 25.9. The summed E-state index contributed by atoms with van der Waals surface area (Å²) in [6, 6.07) is 15.9. The van der Waals surface area contributed by atoms with Gasteiger partial charge in [-0.25, -0.2) is 4.98 Å². The van der Waals surface area contributed by atoms with Gasteiger partial charge in [-0.3, -0.25) is 9.59 Å². The van der Waals surface area contributed by atoms with E-state index in [1.54, 1.807) is 13.8 Å². The number of halogens is 2. The van der Waals surface area contributed by atoms with Crippen LogP contribution in [0.2, 0.25) is 5.15 Å². The molecule has 5 aliphatic rings. The molecule has 274 valence electrons. The molecule has 0 radical (unpaired) electrons. The lowest BCUT2D eigenvalue weighted by Crippen LogP contribution is -2.52. The van der Waals surface area contributed by atoms with Crippen LogP contribution in [0.1, 0.15) is 79.0 Å². The van der Waals surface area contributed by atoms with Crippen LogP contribution in [0.15, 0.2) is 68.5 Å². The fourth-order valence-electron chi connectivity index (χ4n) is 8.58. The molecule has 4 aliphatic heterocycles. The van der Waals surface area contributed by atoms with Crippen molar-refractivity contribution in [2.45, 2.75) is 70.4 Å². The number of fused-ring (bicyclic) bond motifs is 7. The predicted octanol–water partition coefficient (Wildman–Crippen LogP) is 6.83. The lowest BCUT2D eigenvalue weighted by Gasteiger charge is -2.28. The smallest absolute Gasteiger partial charge is 0.262 e. The molecular formula is C41H34Cl2N4O7. The normalized spacial score (nSPS) is 23.2. The number of ether oxygens (including phenoxy) is 2. The van der Waals surface area contributed by atoms with Crippen molar-refractivity contribution in [3.8, 4) is 34.2 Å². The second-order valence-corrected chi connectivity index (χ2v) is 16.1. The minimum atomic E-state index is -1.30. The van der Waals surface area contributed by atoms with E-state index in [-0.39, 0.29) is 40.9 Å². The first kappa shape index (κ1) is 33.5. The highest BCUT2D eigenvalue weighted by Crippen LogP contribution is 2.63. The van der Waals surface area contributed by atoms with Crippen LogP contribution in [0.25, 0.3) is 28.3 Å². The summed E-state index contributed by atoms with van der Waals surface area (Å²) in [7, 11) is 0. The van der Waals surface area contributed by atoms with Crippen LogP contribution in [0, 0.1) is 11.8 Å². The number of nitrogens with zero attached hydrogens (tertiary/aromatic N) is 2. The predicted molar refractivity (Wildman–Crippen MR) is 198 cm³/mol. The Morgan fingerprint density at radius 3 is 2.59 bits per heavy atom. The maximum Gasteiger partial charge on any atom is 0.262 e. The molecule has 2 amide bonds. The van der Waals surface area contributed by atoms with Gasteiger partial charge in [0.2, 0.25) is 17.7 Å². The number of carbonyl (C=O) groups excluding carboxylic acids is 2.